The Bertz CT molecular complexity index is 2080. The Morgan fingerprint density at radius 3 is 2.16 bits per heavy atom. The summed E-state index contributed by atoms with van der Waals surface area (Å²) < 4.78 is 0. The molecule has 6 rings (SSSR count). The predicted molar refractivity (Wildman–Crippen MR) is 195 cm³/mol. The number of hydrogen-bond acceptors (Lipinski definition) is 1. The molecule has 1 N–H and O–H groups in total. The van der Waals surface area contributed by atoms with E-state index < -0.39 is 0 Å². The van der Waals surface area contributed by atoms with Crippen LogP contribution in [0.3, 0.4) is 0 Å². The number of nitrogens with one attached hydrogen (secondary N) is 1. The number of aliphatic imine (C=N–C) groups is 2. The molecular weight excluding hydrogens is 546 g/mol. The topological polar surface area (TPSA) is 48.6 Å². The van der Waals surface area contributed by atoms with Crippen LogP contribution in [0.15, 0.2) is 125 Å². The summed E-state index contributed by atoms with van der Waals surface area (Å²) in [6.07, 6.45) is 9.72. The quantitative estimate of drug-likeness (QED) is 0.157. The number of benzene rings is 5. The van der Waals surface area contributed by atoms with E-state index in [2.05, 4.69) is 124 Å². The summed E-state index contributed by atoms with van der Waals surface area (Å²) in [6, 6.07) is 35.9. The van der Waals surface area contributed by atoms with E-state index in [1.807, 2.05) is 38.3 Å². The minimum absolute atomic E-state index is 0.281. The van der Waals surface area contributed by atoms with Gasteiger partial charge in [0.05, 0.1) is 0 Å². The van der Waals surface area contributed by atoms with Crippen molar-refractivity contribution in [1.82, 2.24) is 0 Å². The van der Waals surface area contributed by atoms with E-state index in [0.717, 1.165) is 33.9 Å². The highest BCUT2D eigenvalue weighted by atomic mass is 14.9. The van der Waals surface area contributed by atoms with Gasteiger partial charge in [0.2, 0.25) is 0 Å². The lowest BCUT2D eigenvalue weighted by Crippen LogP contribution is -2.23. The Balaban J connectivity index is 0.00000196. The number of aryl methyl sites for hydroxylation is 3. The first-order chi connectivity index (χ1) is 21.9. The Kier molecular flexibility index (Phi) is 10.1. The maximum absolute atomic E-state index is 8.87. The van der Waals surface area contributed by atoms with Gasteiger partial charge in [-0.15, -0.1) is 0 Å². The van der Waals surface area contributed by atoms with Crippen LogP contribution in [0.1, 0.15) is 54.5 Å². The fourth-order valence-corrected chi connectivity index (χ4v) is 5.73. The largest absolute Gasteiger partial charge is 0.286 e. The minimum Gasteiger partial charge on any atom is -0.286 e. The number of nitrogens with zero attached hydrogens (tertiary/aromatic N) is 2. The lowest BCUT2D eigenvalue weighted by Gasteiger charge is -2.11. The van der Waals surface area contributed by atoms with Crippen molar-refractivity contribution in [3.8, 4) is 11.1 Å². The van der Waals surface area contributed by atoms with Crippen molar-refractivity contribution in [3.05, 3.63) is 153 Å². The van der Waals surface area contributed by atoms with Gasteiger partial charge >= 0.3 is 0 Å². The normalized spacial score (nSPS) is 12.7. The predicted octanol–water partition coefficient (Wildman–Crippen LogP) is 9.28. The first-order valence-electron chi connectivity index (χ1n) is 15.8. The van der Waals surface area contributed by atoms with Crippen molar-refractivity contribution >= 4 is 40.8 Å². The highest BCUT2D eigenvalue weighted by Crippen LogP contribution is 2.28. The molecule has 1 aliphatic carbocycles. The zero-order valence-electron chi connectivity index (χ0n) is 26.9. The van der Waals surface area contributed by atoms with E-state index in [0.29, 0.717) is 12.3 Å². The molecule has 0 heterocycles. The maximum atomic E-state index is 8.87. The van der Waals surface area contributed by atoms with E-state index in [1.54, 1.807) is 0 Å². The molecule has 0 aliphatic heterocycles. The highest BCUT2D eigenvalue weighted by Gasteiger charge is 2.09. The average Bonchev–Trinajstić information content (AvgIpc) is 3.26. The van der Waals surface area contributed by atoms with Gasteiger partial charge in [0, 0.05) is 18.2 Å². The molecule has 0 saturated heterocycles. The summed E-state index contributed by atoms with van der Waals surface area (Å²) in [4.78, 5) is 9.67. The van der Waals surface area contributed by atoms with Gasteiger partial charge in [-0.05, 0) is 93.9 Å². The fraction of sp³-hybridized carbons (Fsp3) is 0.167. The fourth-order valence-electron chi connectivity index (χ4n) is 5.73. The van der Waals surface area contributed by atoms with E-state index in [4.69, 9.17) is 15.4 Å². The molecule has 0 fully saturated rings. The van der Waals surface area contributed by atoms with E-state index in [1.165, 1.54) is 38.3 Å². The summed E-state index contributed by atoms with van der Waals surface area (Å²) in [5.74, 6) is 0.816. The Morgan fingerprint density at radius 2 is 1.40 bits per heavy atom. The number of amidine groups is 2. The number of hydrogen-bond donors (Lipinski definition) is 1. The summed E-state index contributed by atoms with van der Waals surface area (Å²) in [5, 5.41) is 13.6. The van der Waals surface area contributed by atoms with Gasteiger partial charge < -0.3 is 0 Å². The zero-order valence-corrected chi connectivity index (χ0v) is 26.9. The average molecular weight is 588 g/mol. The van der Waals surface area contributed by atoms with Gasteiger partial charge in [-0.25, -0.2) is 9.98 Å². The minimum atomic E-state index is 0.281. The van der Waals surface area contributed by atoms with Crippen LogP contribution >= 0.6 is 0 Å². The molecule has 0 unspecified atom stereocenters. The first kappa shape index (κ1) is 31.3. The first-order valence-corrected chi connectivity index (χ1v) is 15.8. The second kappa shape index (κ2) is 14.5. The Labute approximate surface area is 267 Å². The maximum Gasteiger partial charge on any atom is 0.161 e. The third-order valence-electron chi connectivity index (χ3n) is 7.93. The number of fused-ring (bicyclic) bond motifs is 2. The van der Waals surface area contributed by atoms with Gasteiger partial charge in [0.15, 0.2) is 5.84 Å². The molecule has 0 atom stereocenters. The molecule has 0 saturated carbocycles. The molecule has 5 aromatic carbocycles. The van der Waals surface area contributed by atoms with Crippen LogP contribution in [0.2, 0.25) is 0 Å². The van der Waals surface area contributed by atoms with E-state index >= 15 is 0 Å². The van der Waals surface area contributed by atoms with Crippen LogP contribution in [0.4, 0.5) is 0 Å². The molecule has 0 bridgehead atoms. The van der Waals surface area contributed by atoms with Crippen LogP contribution in [0.5, 0.6) is 0 Å². The summed E-state index contributed by atoms with van der Waals surface area (Å²) in [7, 11) is 0. The van der Waals surface area contributed by atoms with Crippen LogP contribution < -0.4 is 10.4 Å². The molecule has 1 aliphatic rings. The third-order valence-corrected chi connectivity index (χ3v) is 7.93. The monoisotopic (exact) mass is 587 g/mol. The summed E-state index contributed by atoms with van der Waals surface area (Å²) >= 11 is 0. The molecule has 0 aromatic heterocycles. The summed E-state index contributed by atoms with van der Waals surface area (Å²) in [5.41, 5.74) is 9.20. The Morgan fingerprint density at radius 1 is 0.711 bits per heavy atom. The molecule has 0 amide bonds. The van der Waals surface area contributed by atoms with Crippen molar-refractivity contribution < 1.29 is 0 Å². The van der Waals surface area contributed by atoms with E-state index in [-0.39, 0.29) is 5.84 Å². The second-order valence-electron chi connectivity index (χ2n) is 11.3. The van der Waals surface area contributed by atoms with Crippen LogP contribution in [0.25, 0.3) is 34.1 Å². The van der Waals surface area contributed by atoms with Crippen molar-refractivity contribution in [2.75, 3.05) is 0 Å². The number of rotatable bonds is 5. The van der Waals surface area contributed by atoms with Crippen molar-refractivity contribution in [1.29, 1.82) is 5.41 Å². The standard InChI is InChI=1S/C40H35N3.C2H6/c1-27-15-19-37(28(2)21-27)38-20-16-31(22-29(38)3)26-42-40(36-18-17-33-11-5-7-13-35(33)25-36)43-39(41)24-30-9-8-14-32-10-4-6-12-34(32)23-30;1-2/h4-7,9-23,25-26,41H,8,24H2,1-3H3;1-2H3. The van der Waals surface area contributed by atoms with Gasteiger partial charge in [0.25, 0.3) is 0 Å². The van der Waals surface area contributed by atoms with Gasteiger partial charge in [0.1, 0.15) is 5.84 Å². The Hall–Kier alpha value is -5.15. The molecule has 5 aromatic rings. The van der Waals surface area contributed by atoms with Gasteiger partial charge in [-0.2, -0.15) is 0 Å². The molecule has 224 valence electrons. The lowest BCUT2D eigenvalue weighted by atomic mass is 9.94. The molecule has 0 spiro atoms. The van der Waals surface area contributed by atoms with Crippen LogP contribution in [-0.4, -0.2) is 17.9 Å². The molecule has 0 radical (unpaired) electrons. The SMILES string of the molecule is CC.Cc1ccc(-c2ccc(C=NC(=NC(=N)CC3=CCC=c4ccccc4=C3)c3ccc4ccccc4c3)cc2C)c(C)c1. The van der Waals surface area contributed by atoms with Gasteiger partial charge in [-0.1, -0.05) is 129 Å². The lowest BCUT2D eigenvalue weighted by molar-refractivity contribution is 1.25. The van der Waals surface area contributed by atoms with E-state index in [9.17, 15) is 0 Å². The molecule has 45 heavy (non-hydrogen) atoms. The third kappa shape index (κ3) is 7.69. The molecule has 3 heteroatoms. The zero-order chi connectivity index (χ0) is 31.8. The van der Waals surface area contributed by atoms with Crippen LogP contribution in [0, 0.1) is 26.2 Å². The van der Waals surface area contributed by atoms with Crippen LogP contribution in [-0.2, 0) is 0 Å². The van der Waals surface area contributed by atoms with Gasteiger partial charge in [-0.3, -0.25) is 5.41 Å². The smallest absolute Gasteiger partial charge is 0.161 e. The number of allylic oxidation sites excluding steroid dienone is 1. The second-order valence-corrected chi connectivity index (χ2v) is 11.3. The van der Waals surface area contributed by atoms with Crippen molar-refractivity contribution in [2.45, 2.75) is 47.5 Å². The van der Waals surface area contributed by atoms with Crippen molar-refractivity contribution in [3.63, 3.8) is 0 Å². The van der Waals surface area contributed by atoms with Crippen molar-refractivity contribution in [2.24, 2.45) is 9.98 Å². The molecule has 3 nitrogen and oxygen atoms in total. The molecular formula is C42H41N3. The highest BCUT2D eigenvalue weighted by molar-refractivity contribution is 6.11. The summed E-state index contributed by atoms with van der Waals surface area (Å²) in [6.45, 7) is 10.4.